The Morgan fingerprint density at radius 1 is 1.24 bits per heavy atom. The molecule has 6 nitrogen and oxygen atoms in total. The van der Waals surface area contributed by atoms with Crippen molar-refractivity contribution in [2.24, 2.45) is 5.92 Å². The molecule has 2 fully saturated rings. The molecule has 0 bridgehead atoms. The predicted octanol–water partition coefficient (Wildman–Crippen LogP) is 1.09. The summed E-state index contributed by atoms with van der Waals surface area (Å²) in [5, 5.41) is 9.34. The van der Waals surface area contributed by atoms with Crippen molar-refractivity contribution in [3.8, 4) is 6.07 Å². The summed E-state index contributed by atoms with van der Waals surface area (Å²) in [5.41, 5.74) is 0. The number of likely N-dealkylation sites (tertiary alicyclic amines) is 1. The van der Waals surface area contributed by atoms with Crippen LogP contribution in [-0.2, 0) is 4.79 Å². The van der Waals surface area contributed by atoms with Crippen LogP contribution in [0.2, 0.25) is 0 Å². The van der Waals surface area contributed by atoms with Crippen LogP contribution < -0.4 is 0 Å². The molecule has 25 heavy (non-hydrogen) atoms. The van der Waals surface area contributed by atoms with Gasteiger partial charge in [-0.2, -0.15) is 5.26 Å². The lowest BCUT2D eigenvalue weighted by Gasteiger charge is -2.41. The van der Waals surface area contributed by atoms with Crippen molar-refractivity contribution in [3.05, 3.63) is 0 Å². The van der Waals surface area contributed by atoms with E-state index in [0.29, 0.717) is 24.5 Å². The maximum atomic E-state index is 12.7. The smallest absolute Gasteiger partial charge is 0.236 e. The molecular formula is C19H35N5O. The molecule has 2 saturated heterocycles. The zero-order chi connectivity index (χ0) is 18.6. The average Bonchev–Trinajstić information content (AvgIpc) is 2.58. The summed E-state index contributed by atoms with van der Waals surface area (Å²) in [6, 6.07) is 3.45. The van der Waals surface area contributed by atoms with Gasteiger partial charge in [0.05, 0.1) is 12.6 Å². The highest BCUT2D eigenvalue weighted by Gasteiger charge is 2.30. The number of rotatable bonds is 5. The van der Waals surface area contributed by atoms with Gasteiger partial charge >= 0.3 is 0 Å². The van der Waals surface area contributed by atoms with Gasteiger partial charge in [0.2, 0.25) is 5.91 Å². The number of likely N-dealkylation sites (N-methyl/N-ethyl adjacent to an activating group) is 1. The van der Waals surface area contributed by atoms with Crippen molar-refractivity contribution in [2.45, 2.75) is 51.7 Å². The van der Waals surface area contributed by atoms with Crippen LogP contribution in [0.5, 0.6) is 0 Å². The second-order valence-electron chi connectivity index (χ2n) is 8.16. The van der Waals surface area contributed by atoms with Gasteiger partial charge in [-0.05, 0) is 46.3 Å². The molecule has 0 saturated carbocycles. The molecule has 6 heteroatoms. The third-order valence-electron chi connectivity index (χ3n) is 6.01. The maximum Gasteiger partial charge on any atom is 0.236 e. The highest BCUT2D eigenvalue weighted by atomic mass is 16.2. The van der Waals surface area contributed by atoms with Gasteiger partial charge in [0, 0.05) is 38.3 Å². The minimum atomic E-state index is -0.0411. The fourth-order valence-electron chi connectivity index (χ4n) is 4.01. The summed E-state index contributed by atoms with van der Waals surface area (Å²) in [6.45, 7) is 11.1. The SMILES string of the molecule is CC(C)[C@H](C#N)N1CCN(C(=O)CN(C)[C@H]2CCN(C)[C@H](C)C2)CC1. The standard InChI is InChI=1S/C19H35N5O/c1-15(2)18(13-20)23-8-10-24(11-9-23)19(25)14-22(5)17-6-7-21(4)16(3)12-17/h15-18H,6-12,14H2,1-5H3/t16-,17+,18+/m1/s1. The van der Waals surface area contributed by atoms with E-state index in [1.165, 1.54) is 0 Å². The Morgan fingerprint density at radius 2 is 1.88 bits per heavy atom. The summed E-state index contributed by atoms with van der Waals surface area (Å²) >= 11 is 0. The van der Waals surface area contributed by atoms with Crippen molar-refractivity contribution < 1.29 is 4.79 Å². The summed E-state index contributed by atoms with van der Waals surface area (Å²) in [6.07, 6.45) is 2.27. The molecule has 142 valence electrons. The first-order valence-electron chi connectivity index (χ1n) is 9.65. The summed E-state index contributed by atoms with van der Waals surface area (Å²) in [5.74, 6) is 0.552. The van der Waals surface area contributed by atoms with Gasteiger partial charge in [0.25, 0.3) is 0 Å². The fourth-order valence-corrected chi connectivity index (χ4v) is 4.01. The van der Waals surface area contributed by atoms with E-state index < -0.39 is 0 Å². The third kappa shape index (κ3) is 5.16. The number of piperazine rings is 1. The van der Waals surface area contributed by atoms with E-state index in [9.17, 15) is 10.1 Å². The molecule has 2 heterocycles. The summed E-state index contributed by atoms with van der Waals surface area (Å²) < 4.78 is 0. The maximum absolute atomic E-state index is 12.7. The number of hydrogen-bond donors (Lipinski definition) is 0. The van der Waals surface area contributed by atoms with Crippen molar-refractivity contribution in [2.75, 3.05) is 53.4 Å². The van der Waals surface area contributed by atoms with Crippen LogP contribution in [0.25, 0.3) is 0 Å². The van der Waals surface area contributed by atoms with E-state index >= 15 is 0 Å². The number of hydrogen-bond acceptors (Lipinski definition) is 5. The first-order valence-corrected chi connectivity index (χ1v) is 9.65. The Balaban J connectivity index is 1.80. The van der Waals surface area contributed by atoms with Crippen LogP contribution in [-0.4, -0.2) is 97.0 Å². The Bertz CT molecular complexity index is 481. The number of piperidine rings is 1. The molecule has 0 aromatic carbocycles. The first kappa shape index (κ1) is 20.2. The van der Waals surface area contributed by atoms with Gasteiger partial charge in [-0.15, -0.1) is 0 Å². The molecule has 0 aliphatic carbocycles. The van der Waals surface area contributed by atoms with Crippen molar-refractivity contribution >= 4 is 5.91 Å². The lowest BCUT2D eigenvalue weighted by Crippen LogP contribution is -2.55. The molecule has 2 aliphatic heterocycles. The lowest BCUT2D eigenvalue weighted by molar-refractivity contribution is -0.135. The molecule has 1 amide bonds. The van der Waals surface area contributed by atoms with Crippen LogP contribution in [0.1, 0.15) is 33.6 Å². The zero-order valence-electron chi connectivity index (χ0n) is 16.6. The highest BCUT2D eigenvalue weighted by Crippen LogP contribution is 2.20. The van der Waals surface area contributed by atoms with Gasteiger partial charge in [0.15, 0.2) is 0 Å². The van der Waals surface area contributed by atoms with Gasteiger partial charge in [-0.3, -0.25) is 14.6 Å². The topological polar surface area (TPSA) is 53.8 Å². The second kappa shape index (κ2) is 8.98. The van der Waals surface area contributed by atoms with Crippen molar-refractivity contribution in [1.29, 1.82) is 5.26 Å². The summed E-state index contributed by atoms with van der Waals surface area (Å²) in [4.78, 5) is 21.5. The predicted molar refractivity (Wildman–Crippen MR) is 100 cm³/mol. The Hall–Kier alpha value is -1.16. The fraction of sp³-hybridized carbons (Fsp3) is 0.895. The summed E-state index contributed by atoms with van der Waals surface area (Å²) in [7, 11) is 4.26. The van der Waals surface area contributed by atoms with Crippen LogP contribution in [0.3, 0.4) is 0 Å². The quantitative estimate of drug-likeness (QED) is 0.744. The molecule has 3 atom stereocenters. The lowest BCUT2D eigenvalue weighted by atomic mass is 9.98. The van der Waals surface area contributed by atoms with E-state index in [-0.39, 0.29) is 11.9 Å². The van der Waals surface area contributed by atoms with Crippen LogP contribution in [0, 0.1) is 17.2 Å². The number of nitriles is 1. The highest BCUT2D eigenvalue weighted by molar-refractivity contribution is 5.78. The van der Waals surface area contributed by atoms with Crippen molar-refractivity contribution in [3.63, 3.8) is 0 Å². The molecular weight excluding hydrogens is 314 g/mol. The minimum Gasteiger partial charge on any atom is -0.339 e. The van der Waals surface area contributed by atoms with Crippen molar-refractivity contribution in [1.82, 2.24) is 19.6 Å². The number of carbonyl (C=O) groups is 1. The van der Waals surface area contributed by atoms with Gasteiger partial charge in [-0.25, -0.2) is 0 Å². The average molecular weight is 350 g/mol. The molecule has 0 aromatic heterocycles. The Kier molecular flexibility index (Phi) is 7.24. The Labute approximate surface area is 153 Å². The molecule has 0 N–H and O–H groups in total. The Morgan fingerprint density at radius 3 is 2.40 bits per heavy atom. The van der Waals surface area contributed by atoms with Crippen LogP contribution >= 0.6 is 0 Å². The van der Waals surface area contributed by atoms with E-state index in [1.54, 1.807) is 0 Å². The normalized spacial score (nSPS) is 27.5. The van der Waals surface area contributed by atoms with Gasteiger partial charge in [0.1, 0.15) is 6.04 Å². The zero-order valence-corrected chi connectivity index (χ0v) is 16.6. The molecule has 0 unspecified atom stereocenters. The van der Waals surface area contributed by atoms with E-state index in [1.807, 2.05) is 4.90 Å². The number of carbonyl (C=O) groups excluding carboxylic acids is 1. The number of nitrogens with zero attached hydrogens (tertiary/aromatic N) is 5. The van der Waals surface area contributed by atoms with Crippen LogP contribution in [0.15, 0.2) is 0 Å². The van der Waals surface area contributed by atoms with Gasteiger partial charge < -0.3 is 9.80 Å². The molecule has 0 radical (unpaired) electrons. The van der Waals surface area contributed by atoms with E-state index in [2.05, 4.69) is 55.6 Å². The molecule has 2 aliphatic rings. The largest absolute Gasteiger partial charge is 0.339 e. The van der Waals surface area contributed by atoms with Gasteiger partial charge in [-0.1, -0.05) is 13.8 Å². The van der Waals surface area contributed by atoms with E-state index in [0.717, 1.165) is 45.6 Å². The molecule has 0 spiro atoms. The second-order valence-corrected chi connectivity index (χ2v) is 8.16. The van der Waals surface area contributed by atoms with Crippen LogP contribution in [0.4, 0.5) is 0 Å². The first-order chi connectivity index (χ1) is 11.8. The minimum absolute atomic E-state index is 0.0411. The number of amides is 1. The monoisotopic (exact) mass is 349 g/mol. The van der Waals surface area contributed by atoms with E-state index in [4.69, 9.17) is 0 Å². The molecule has 0 aromatic rings. The third-order valence-corrected chi connectivity index (χ3v) is 6.01. The molecule has 2 rings (SSSR count).